The third-order valence-electron chi connectivity index (χ3n) is 2.74. The van der Waals surface area contributed by atoms with E-state index in [-0.39, 0.29) is 0 Å². The summed E-state index contributed by atoms with van der Waals surface area (Å²) >= 11 is 0. The van der Waals surface area contributed by atoms with Crippen LogP contribution in [-0.4, -0.2) is 6.04 Å². The number of nitrogens with one attached hydrogen (secondary N) is 1. The van der Waals surface area contributed by atoms with Crippen molar-refractivity contribution in [2.75, 3.05) is 0 Å². The number of rotatable bonds is 0. The lowest BCUT2D eigenvalue weighted by Gasteiger charge is -2.14. The Morgan fingerprint density at radius 1 is 1.12 bits per heavy atom. The molecule has 0 aliphatic heterocycles. The van der Waals surface area contributed by atoms with E-state index in [9.17, 15) is 0 Å². The van der Waals surface area contributed by atoms with Gasteiger partial charge in [0, 0.05) is 6.04 Å². The summed E-state index contributed by atoms with van der Waals surface area (Å²) in [4.78, 5) is 0. The van der Waals surface area contributed by atoms with Crippen LogP contribution in [0.3, 0.4) is 0 Å². The van der Waals surface area contributed by atoms with E-state index in [1.165, 1.54) is 25.7 Å². The van der Waals surface area contributed by atoms with Crippen molar-refractivity contribution in [2.24, 2.45) is 11.8 Å². The molecule has 2 bridgehead atoms. The van der Waals surface area contributed by atoms with Crippen LogP contribution in [0.15, 0.2) is 0 Å². The maximum absolute atomic E-state index is 7.52. The number of hydrogen-bond acceptors (Lipinski definition) is 0. The van der Waals surface area contributed by atoms with E-state index in [2.05, 4.69) is 0 Å². The molecule has 2 saturated carbocycles. The van der Waals surface area contributed by atoms with Crippen LogP contribution < -0.4 is 5.73 Å². The lowest BCUT2D eigenvalue weighted by Crippen LogP contribution is -2.16. The molecule has 0 aromatic heterocycles. The van der Waals surface area contributed by atoms with Crippen LogP contribution >= 0.6 is 0 Å². The Morgan fingerprint density at radius 3 is 2.25 bits per heavy atom. The molecule has 0 saturated heterocycles. The highest BCUT2D eigenvalue weighted by Crippen LogP contribution is 2.43. The average molecular weight is 110 g/mol. The second kappa shape index (κ2) is 1.47. The quantitative estimate of drug-likeness (QED) is 0.451. The van der Waals surface area contributed by atoms with Crippen LogP contribution in [0.5, 0.6) is 0 Å². The van der Waals surface area contributed by atoms with Gasteiger partial charge in [0.25, 0.3) is 0 Å². The Hall–Kier alpha value is -0.0400. The highest BCUT2D eigenvalue weighted by atomic mass is 14.7. The van der Waals surface area contributed by atoms with Gasteiger partial charge in [-0.3, -0.25) is 5.73 Å². The van der Waals surface area contributed by atoms with E-state index in [0.29, 0.717) is 6.04 Å². The smallest absolute Gasteiger partial charge is 0.0244 e. The van der Waals surface area contributed by atoms with Crippen LogP contribution in [0.2, 0.25) is 0 Å². The molecule has 0 aromatic rings. The standard InChI is InChI=1S/C7H12N/c8-7-4-5-1-2-6(7)3-5/h5-8H,1-4H2/t5?,6-,7-/m0/s1. The third-order valence-corrected chi connectivity index (χ3v) is 2.74. The monoisotopic (exact) mass is 110 g/mol. The van der Waals surface area contributed by atoms with Gasteiger partial charge in [0.05, 0.1) is 0 Å². The second-order valence-electron chi connectivity index (χ2n) is 3.28. The topological polar surface area (TPSA) is 23.8 Å². The van der Waals surface area contributed by atoms with Crippen molar-refractivity contribution in [2.45, 2.75) is 31.7 Å². The molecule has 45 valence electrons. The fourth-order valence-corrected chi connectivity index (χ4v) is 2.24. The summed E-state index contributed by atoms with van der Waals surface area (Å²) < 4.78 is 0. The van der Waals surface area contributed by atoms with Gasteiger partial charge in [-0.25, -0.2) is 0 Å². The molecule has 1 radical (unpaired) electrons. The molecule has 1 N–H and O–H groups in total. The van der Waals surface area contributed by atoms with Crippen LogP contribution in [-0.2, 0) is 0 Å². The van der Waals surface area contributed by atoms with Crippen molar-refractivity contribution < 1.29 is 0 Å². The molecule has 1 unspecified atom stereocenters. The molecular weight excluding hydrogens is 98.1 g/mol. The summed E-state index contributed by atoms with van der Waals surface area (Å²) in [6.45, 7) is 0. The zero-order valence-electron chi connectivity index (χ0n) is 5.06. The maximum atomic E-state index is 7.52. The molecule has 2 aliphatic carbocycles. The fourth-order valence-electron chi connectivity index (χ4n) is 2.24. The summed E-state index contributed by atoms with van der Waals surface area (Å²) in [7, 11) is 0. The molecule has 2 aliphatic rings. The largest absolute Gasteiger partial charge is 0.254 e. The van der Waals surface area contributed by atoms with E-state index >= 15 is 0 Å². The van der Waals surface area contributed by atoms with Gasteiger partial charge in [0.1, 0.15) is 0 Å². The first-order valence-corrected chi connectivity index (χ1v) is 3.57. The molecule has 0 aromatic carbocycles. The molecule has 8 heavy (non-hydrogen) atoms. The van der Waals surface area contributed by atoms with Crippen LogP contribution in [0, 0.1) is 11.8 Å². The van der Waals surface area contributed by atoms with Crippen molar-refractivity contribution >= 4 is 0 Å². The zero-order chi connectivity index (χ0) is 5.56. The predicted octanol–water partition coefficient (Wildman–Crippen LogP) is 1.46. The van der Waals surface area contributed by atoms with Crippen molar-refractivity contribution in [3.8, 4) is 0 Å². The van der Waals surface area contributed by atoms with E-state index in [4.69, 9.17) is 5.73 Å². The highest BCUT2D eigenvalue weighted by Gasteiger charge is 2.37. The SMILES string of the molecule is [NH][C@H]1CC2CC[C@H]1C2. The van der Waals surface area contributed by atoms with Crippen molar-refractivity contribution in [3.05, 3.63) is 0 Å². The summed E-state index contributed by atoms with van der Waals surface area (Å²) in [6, 6.07) is 0.328. The minimum Gasteiger partial charge on any atom is -0.254 e. The predicted molar refractivity (Wildman–Crippen MR) is 32.3 cm³/mol. The van der Waals surface area contributed by atoms with Gasteiger partial charge in [-0.15, -0.1) is 0 Å². The number of fused-ring (bicyclic) bond motifs is 2. The van der Waals surface area contributed by atoms with E-state index in [0.717, 1.165) is 11.8 Å². The fraction of sp³-hybridized carbons (Fsp3) is 1.00. The highest BCUT2D eigenvalue weighted by molar-refractivity contribution is 4.91. The van der Waals surface area contributed by atoms with Crippen molar-refractivity contribution in [3.63, 3.8) is 0 Å². The summed E-state index contributed by atoms with van der Waals surface area (Å²) in [5.41, 5.74) is 7.52. The Labute approximate surface area is 50.3 Å². The van der Waals surface area contributed by atoms with E-state index < -0.39 is 0 Å². The minimum absolute atomic E-state index is 0.328. The lowest BCUT2D eigenvalue weighted by atomic mass is 9.96. The van der Waals surface area contributed by atoms with Crippen molar-refractivity contribution in [1.82, 2.24) is 5.73 Å². The lowest BCUT2D eigenvalue weighted by molar-refractivity contribution is 0.409. The maximum Gasteiger partial charge on any atom is 0.0244 e. The second-order valence-corrected chi connectivity index (χ2v) is 3.28. The molecule has 1 nitrogen and oxygen atoms in total. The Bertz CT molecular complexity index is 98.6. The van der Waals surface area contributed by atoms with Crippen LogP contribution in [0.4, 0.5) is 0 Å². The number of hydrogen-bond donors (Lipinski definition) is 0. The molecular formula is C7H12N. The van der Waals surface area contributed by atoms with Crippen LogP contribution in [0.25, 0.3) is 0 Å². The van der Waals surface area contributed by atoms with Gasteiger partial charge in [-0.2, -0.15) is 0 Å². The minimum atomic E-state index is 0.328. The summed E-state index contributed by atoms with van der Waals surface area (Å²) in [6.07, 6.45) is 5.39. The zero-order valence-corrected chi connectivity index (χ0v) is 5.06. The first kappa shape index (κ1) is 4.80. The van der Waals surface area contributed by atoms with E-state index in [1.807, 2.05) is 0 Å². The molecule has 0 spiro atoms. The molecule has 1 heteroatoms. The molecule has 2 rings (SSSR count). The molecule has 3 atom stereocenters. The normalized spacial score (nSPS) is 52.9. The molecule has 0 heterocycles. The van der Waals surface area contributed by atoms with Gasteiger partial charge in [0.15, 0.2) is 0 Å². The summed E-state index contributed by atoms with van der Waals surface area (Å²) in [5.74, 6) is 1.77. The third kappa shape index (κ3) is 0.510. The average Bonchev–Trinajstić information content (AvgIpc) is 2.23. The Balaban J connectivity index is 2.11. The molecule has 0 amide bonds. The molecule has 2 fully saturated rings. The first-order chi connectivity index (χ1) is 3.86. The summed E-state index contributed by atoms with van der Waals surface area (Å²) in [5, 5.41) is 0. The van der Waals surface area contributed by atoms with Gasteiger partial charge in [-0.1, -0.05) is 6.42 Å². The Kier molecular flexibility index (Phi) is 0.884. The van der Waals surface area contributed by atoms with E-state index in [1.54, 1.807) is 0 Å². The van der Waals surface area contributed by atoms with Gasteiger partial charge in [0.2, 0.25) is 0 Å². The van der Waals surface area contributed by atoms with Crippen LogP contribution in [0.1, 0.15) is 25.7 Å². The van der Waals surface area contributed by atoms with Crippen molar-refractivity contribution in [1.29, 1.82) is 0 Å². The van der Waals surface area contributed by atoms with Gasteiger partial charge < -0.3 is 0 Å². The van der Waals surface area contributed by atoms with Gasteiger partial charge >= 0.3 is 0 Å². The van der Waals surface area contributed by atoms with Gasteiger partial charge in [-0.05, 0) is 31.1 Å². The first-order valence-electron chi connectivity index (χ1n) is 3.57. The Morgan fingerprint density at radius 2 is 2.00 bits per heavy atom.